The largest absolute Gasteiger partial charge is 0.496 e. The van der Waals surface area contributed by atoms with E-state index in [0.29, 0.717) is 28.4 Å². The number of fused-ring (bicyclic) bond motifs is 1. The minimum Gasteiger partial charge on any atom is -0.496 e. The molecule has 0 atom stereocenters. The van der Waals surface area contributed by atoms with Crippen LogP contribution < -0.4 is 14.2 Å². The molecule has 5 nitrogen and oxygen atoms in total. The van der Waals surface area contributed by atoms with E-state index in [-0.39, 0.29) is 17.5 Å². The lowest BCUT2D eigenvalue weighted by atomic mass is 9.86. The Balaban J connectivity index is 1.82. The summed E-state index contributed by atoms with van der Waals surface area (Å²) in [5.74, 6) is 1.10. The summed E-state index contributed by atoms with van der Waals surface area (Å²) in [5.41, 5.74) is 1.57. The Hall–Kier alpha value is -2.86. The predicted molar refractivity (Wildman–Crippen MR) is 108 cm³/mol. The van der Waals surface area contributed by atoms with Crippen molar-refractivity contribution in [3.05, 3.63) is 58.6 Å². The first-order chi connectivity index (χ1) is 14.0. The molecule has 2 aromatic carbocycles. The molecule has 2 aromatic rings. The number of hydrogen-bond acceptors (Lipinski definition) is 5. The van der Waals surface area contributed by atoms with Gasteiger partial charge in [-0.25, -0.2) is 4.39 Å². The smallest absolute Gasteiger partial charge is 0.235 e. The average Bonchev–Trinajstić information content (AvgIpc) is 3.05. The molecule has 152 valence electrons. The van der Waals surface area contributed by atoms with E-state index in [1.165, 1.54) is 19.3 Å². The van der Waals surface area contributed by atoms with Crippen LogP contribution in [0.2, 0.25) is 0 Å². The maximum atomic E-state index is 14.1. The van der Waals surface area contributed by atoms with Gasteiger partial charge in [0.2, 0.25) is 5.78 Å². The second-order valence-electron chi connectivity index (χ2n) is 7.44. The van der Waals surface area contributed by atoms with Gasteiger partial charge >= 0.3 is 0 Å². The quantitative estimate of drug-likeness (QED) is 0.721. The molecule has 0 spiro atoms. The van der Waals surface area contributed by atoms with Crippen molar-refractivity contribution in [1.29, 1.82) is 0 Å². The van der Waals surface area contributed by atoms with Crippen LogP contribution in [-0.4, -0.2) is 45.0 Å². The van der Waals surface area contributed by atoms with Crippen molar-refractivity contribution < 1.29 is 23.4 Å². The number of nitrogens with zero attached hydrogens (tertiary/aromatic N) is 1. The van der Waals surface area contributed by atoms with Gasteiger partial charge in [-0.05, 0) is 51.0 Å². The Kier molecular flexibility index (Phi) is 5.28. The molecule has 0 amide bonds. The predicted octanol–water partition coefficient (Wildman–Crippen LogP) is 4.27. The third-order valence-electron chi connectivity index (χ3n) is 5.67. The third-order valence-corrected chi connectivity index (χ3v) is 5.67. The van der Waals surface area contributed by atoms with Crippen molar-refractivity contribution in [2.75, 3.05) is 34.4 Å². The Bertz CT molecular complexity index is 977. The number of ether oxygens (including phenoxy) is 3. The molecule has 1 fully saturated rings. The summed E-state index contributed by atoms with van der Waals surface area (Å²) >= 11 is 0. The van der Waals surface area contributed by atoms with Gasteiger partial charge in [-0.1, -0.05) is 18.2 Å². The maximum Gasteiger partial charge on any atom is 0.235 e. The molecule has 0 radical (unpaired) electrons. The van der Waals surface area contributed by atoms with Crippen LogP contribution in [0.5, 0.6) is 17.2 Å². The number of rotatable bonds is 4. The van der Waals surface area contributed by atoms with E-state index < -0.39 is 5.82 Å². The summed E-state index contributed by atoms with van der Waals surface area (Å²) < 4.78 is 31.3. The number of halogens is 1. The highest BCUT2D eigenvalue weighted by atomic mass is 19.1. The fourth-order valence-electron chi connectivity index (χ4n) is 4.07. The third kappa shape index (κ3) is 3.49. The summed E-state index contributed by atoms with van der Waals surface area (Å²) in [5, 5.41) is 0. The molecule has 2 aliphatic heterocycles. The van der Waals surface area contributed by atoms with E-state index >= 15 is 0 Å². The highest BCUT2D eigenvalue weighted by Gasteiger charge is 2.38. The Labute approximate surface area is 169 Å². The molecule has 0 aliphatic carbocycles. The van der Waals surface area contributed by atoms with E-state index in [9.17, 15) is 9.18 Å². The highest BCUT2D eigenvalue weighted by Crippen LogP contribution is 2.50. The number of ketones is 1. The SMILES string of the molecule is COc1cc(OC)c(C2CCN(C)CC2)c2c1C(=O)/C(=C\c1ccccc1F)O2. The number of methoxy groups -OCH3 is 2. The van der Waals surface area contributed by atoms with Gasteiger partial charge in [-0.2, -0.15) is 0 Å². The van der Waals surface area contributed by atoms with Crippen LogP contribution in [0.15, 0.2) is 36.1 Å². The molecule has 2 aliphatic rings. The van der Waals surface area contributed by atoms with E-state index in [1.807, 2.05) is 0 Å². The lowest BCUT2D eigenvalue weighted by Crippen LogP contribution is -2.29. The van der Waals surface area contributed by atoms with Crippen molar-refractivity contribution in [1.82, 2.24) is 4.90 Å². The number of allylic oxidation sites excluding steroid dienone is 1. The van der Waals surface area contributed by atoms with Gasteiger partial charge in [-0.15, -0.1) is 0 Å². The van der Waals surface area contributed by atoms with Gasteiger partial charge in [0, 0.05) is 17.2 Å². The first-order valence-corrected chi connectivity index (χ1v) is 9.69. The summed E-state index contributed by atoms with van der Waals surface area (Å²) in [6.07, 6.45) is 3.33. The maximum absolute atomic E-state index is 14.1. The number of piperidine rings is 1. The molecular formula is C23H24FNO4. The van der Waals surface area contributed by atoms with Gasteiger partial charge in [0.25, 0.3) is 0 Å². The van der Waals surface area contributed by atoms with Crippen molar-refractivity contribution >= 4 is 11.9 Å². The fourth-order valence-corrected chi connectivity index (χ4v) is 4.07. The van der Waals surface area contributed by atoms with Gasteiger partial charge in [0.1, 0.15) is 28.6 Å². The highest BCUT2D eigenvalue weighted by molar-refractivity contribution is 6.16. The average molecular weight is 397 g/mol. The summed E-state index contributed by atoms with van der Waals surface area (Å²) in [6, 6.07) is 8.04. The molecule has 0 saturated carbocycles. The summed E-state index contributed by atoms with van der Waals surface area (Å²) in [6.45, 7) is 1.92. The lowest BCUT2D eigenvalue weighted by molar-refractivity contribution is 0.101. The molecule has 0 N–H and O–H groups in total. The van der Waals surface area contributed by atoms with Gasteiger partial charge in [-0.3, -0.25) is 4.79 Å². The number of Topliss-reactive ketones (excluding diaryl/α,β-unsaturated/α-hetero) is 1. The number of carbonyl (C=O) groups is 1. The normalized spacial score (nSPS) is 18.6. The van der Waals surface area contributed by atoms with Crippen molar-refractivity contribution in [3.63, 3.8) is 0 Å². The molecule has 0 unspecified atom stereocenters. The monoisotopic (exact) mass is 397 g/mol. The first kappa shape index (κ1) is 19.5. The second-order valence-corrected chi connectivity index (χ2v) is 7.44. The molecule has 4 rings (SSSR count). The minimum absolute atomic E-state index is 0.0887. The van der Waals surface area contributed by atoms with Crippen LogP contribution in [0, 0.1) is 5.82 Å². The molecule has 0 bridgehead atoms. The summed E-state index contributed by atoms with van der Waals surface area (Å²) in [7, 11) is 5.21. The molecule has 6 heteroatoms. The van der Waals surface area contributed by atoms with Crippen LogP contribution in [0.25, 0.3) is 6.08 Å². The number of likely N-dealkylation sites (tertiary alicyclic amines) is 1. The van der Waals surface area contributed by atoms with Crippen LogP contribution in [0.3, 0.4) is 0 Å². The van der Waals surface area contributed by atoms with Crippen LogP contribution in [-0.2, 0) is 0 Å². The van der Waals surface area contributed by atoms with Gasteiger partial charge < -0.3 is 19.1 Å². The Morgan fingerprint density at radius 1 is 1.14 bits per heavy atom. The molecule has 2 heterocycles. The van der Waals surface area contributed by atoms with E-state index in [0.717, 1.165) is 31.5 Å². The molecule has 29 heavy (non-hydrogen) atoms. The molecule has 0 aromatic heterocycles. The zero-order valence-corrected chi connectivity index (χ0v) is 16.8. The number of benzene rings is 2. The summed E-state index contributed by atoms with van der Waals surface area (Å²) in [4.78, 5) is 15.4. The lowest BCUT2D eigenvalue weighted by Gasteiger charge is -2.30. The van der Waals surface area contributed by atoms with E-state index in [4.69, 9.17) is 14.2 Å². The number of hydrogen-bond donors (Lipinski definition) is 0. The molecule has 1 saturated heterocycles. The Morgan fingerprint density at radius 3 is 2.48 bits per heavy atom. The number of carbonyl (C=O) groups excluding carboxylic acids is 1. The fraction of sp³-hybridized carbons (Fsp3) is 0.348. The minimum atomic E-state index is -0.410. The van der Waals surface area contributed by atoms with Gasteiger partial charge in [0.05, 0.1) is 14.2 Å². The van der Waals surface area contributed by atoms with Crippen LogP contribution in [0.1, 0.15) is 40.2 Å². The van der Waals surface area contributed by atoms with Crippen molar-refractivity contribution in [3.8, 4) is 17.2 Å². The van der Waals surface area contributed by atoms with E-state index in [2.05, 4.69) is 11.9 Å². The van der Waals surface area contributed by atoms with Gasteiger partial charge in [0.15, 0.2) is 5.76 Å². The van der Waals surface area contributed by atoms with E-state index in [1.54, 1.807) is 31.4 Å². The zero-order valence-electron chi connectivity index (χ0n) is 16.8. The Morgan fingerprint density at radius 2 is 1.83 bits per heavy atom. The second kappa shape index (κ2) is 7.87. The zero-order chi connectivity index (χ0) is 20.5. The van der Waals surface area contributed by atoms with Crippen LogP contribution >= 0.6 is 0 Å². The van der Waals surface area contributed by atoms with Crippen molar-refractivity contribution in [2.45, 2.75) is 18.8 Å². The topological polar surface area (TPSA) is 48.0 Å². The molecular weight excluding hydrogens is 373 g/mol. The standard InChI is InChI=1S/C23H24FNO4/c1-25-10-8-14(9-11-25)20-17(27-2)13-18(28-3)21-22(26)19(29-23(20)21)12-15-6-4-5-7-16(15)24/h4-7,12-14H,8-11H2,1-3H3/b19-12+. The van der Waals surface area contributed by atoms with Crippen LogP contribution in [0.4, 0.5) is 4.39 Å². The first-order valence-electron chi connectivity index (χ1n) is 9.69. The van der Waals surface area contributed by atoms with Crippen molar-refractivity contribution in [2.24, 2.45) is 0 Å².